The number of amides is 1. The van der Waals surface area contributed by atoms with Crippen molar-refractivity contribution in [1.29, 1.82) is 0 Å². The van der Waals surface area contributed by atoms with Gasteiger partial charge in [0, 0.05) is 12.2 Å². The lowest BCUT2D eigenvalue weighted by molar-refractivity contribution is -0.139. The largest absolute Gasteiger partial charge is 0.463 e. The summed E-state index contributed by atoms with van der Waals surface area (Å²) in [6, 6.07) is 9.43. The van der Waals surface area contributed by atoms with E-state index in [2.05, 4.69) is 24.2 Å². The van der Waals surface area contributed by atoms with E-state index in [0.29, 0.717) is 30.3 Å². The smallest absolute Gasteiger partial charge is 0.338 e. The Labute approximate surface area is 176 Å². The third-order valence-electron chi connectivity index (χ3n) is 4.66. The van der Waals surface area contributed by atoms with Crippen LogP contribution < -0.4 is 5.32 Å². The number of thioether (sulfide) groups is 1. The quantitative estimate of drug-likeness (QED) is 0.685. The van der Waals surface area contributed by atoms with Crippen LogP contribution in [0.5, 0.6) is 0 Å². The molecule has 0 bridgehead atoms. The molecular formula is C22H27N3O3S. The summed E-state index contributed by atoms with van der Waals surface area (Å²) in [4.78, 5) is 31.9. The molecule has 2 aliphatic heterocycles. The lowest BCUT2D eigenvalue weighted by atomic mass is 9.94. The standard InChI is InChI=1S/C22H27N3O3S/c1-5-28-21(27)19-15(4)24-22-25(20(19)16-9-7-6-8-10-16)17(13-29-22)11-18(26)23-12-14(2)3/h6-10,13-14,20H,5,11-12H2,1-4H3,(H,23,26). The second kappa shape index (κ2) is 9.31. The molecule has 7 heteroatoms. The number of allylic oxidation sites excluding steroid dienone is 1. The molecule has 1 aromatic rings. The van der Waals surface area contributed by atoms with Gasteiger partial charge in [-0.05, 0) is 30.7 Å². The summed E-state index contributed by atoms with van der Waals surface area (Å²) < 4.78 is 5.33. The monoisotopic (exact) mass is 413 g/mol. The van der Waals surface area contributed by atoms with Gasteiger partial charge in [-0.3, -0.25) is 4.79 Å². The zero-order chi connectivity index (χ0) is 21.0. The predicted octanol–water partition coefficient (Wildman–Crippen LogP) is 3.99. The van der Waals surface area contributed by atoms with Crippen molar-refractivity contribution in [3.63, 3.8) is 0 Å². The molecule has 0 saturated carbocycles. The second-order valence-corrected chi connectivity index (χ2v) is 8.24. The number of carbonyl (C=O) groups excluding carboxylic acids is 2. The summed E-state index contributed by atoms with van der Waals surface area (Å²) >= 11 is 1.48. The Morgan fingerprint density at radius 2 is 2.00 bits per heavy atom. The Kier molecular flexibility index (Phi) is 6.79. The first-order chi connectivity index (χ1) is 13.9. The number of fused-ring (bicyclic) bond motifs is 1. The van der Waals surface area contributed by atoms with Crippen LogP contribution >= 0.6 is 11.8 Å². The molecule has 0 radical (unpaired) electrons. The number of carbonyl (C=O) groups is 2. The topological polar surface area (TPSA) is 71.0 Å². The van der Waals surface area contributed by atoms with E-state index in [1.807, 2.05) is 47.6 Å². The number of esters is 1. The third kappa shape index (κ3) is 4.72. The number of nitrogens with zero attached hydrogens (tertiary/aromatic N) is 2. The number of hydrogen-bond acceptors (Lipinski definition) is 6. The van der Waals surface area contributed by atoms with Crippen LogP contribution in [0.1, 0.15) is 45.7 Å². The lowest BCUT2D eigenvalue weighted by Crippen LogP contribution is -2.38. The van der Waals surface area contributed by atoms with Crippen LogP contribution in [0.4, 0.5) is 0 Å². The number of amidine groups is 1. The molecule has 1 atom stereocenters. The SMILES string of the molecule is CCOC(=O)C1=C(C)N=C2SC=C(CC(=O)NCC(C)C)N2C1c1ccccc1. The molecule has 2 heterocycles. The van der Waals surface area contributed by atoms with Gasteiger partial charge in [0.05, 0.1) is 30.3 Å². The number of nitrogens with one attached hydrogen (secondary N) is 1. The number of ether oxygens (including phenoxy) is 1. The van der Waals surface area contributed by atoms with E-state index in [0.717, 1.165) is 16.4 Å². The minimum absolute atomic E-state index is 0.0393. The van der Waals surface area contributed by atoms with Crippen molar-refractivity contribution in [2.24, 2.45) is 10.9 Å². The maximum atomic E-state index is 12.8. The number of aliphatic imine (C=N–C) groups is 1. The van der Waals surface area contributed by atoms with Gasteiger partial charge in [-0.1, -0.05) is 55.9 Å². The van der Waals surface area contributed by atoms with Gasteiger partial charge in [0.1, 0.15) is 0 Å². The molecule has 1 amide bonds. The highest BCUT2D eigenvalue weighted by atomic mass is 32.2. The van der Waals surface area contributed by atoms with Gasteiger partial charge in [-0.2, -0.15) is 0 Å². The molecule has 29 heavy (non-hydrogen) atoms. The minimum Gasteiger partial charge on any atom is -0.463 e. The van der Waals surface area contributed by atoms with Gasteiger partial charge in [0.15, 0.2) is 5.17 Å². The minimum atomic E-state index is -0.373. The van der Waals surface area contributed by atoms with Crippen molar-refractivity contribution in [2.75, 3.05) is 13.2 Å². The van der Waals surface area contributed by atoms with E-state index in [1.165, 1.54) is 11.8 Å². The molecular weight excluding hydrogens is 386 g/mol. The predicted molar refractivity (Wildman–Crippen MR) is 116 cm³/mol. The zero-order valence-electron chi connectivity index (χ0n) is 17.3. The maximum absolute atomic E-state index is 12.8. The van der Waals surface area contributed by atoms with Gasteiger partial charge in [-0.15, -0.1) is 0 Å². The Bertz CT molecular complexity index is 875. The summed E-state index contributed by atoms with van der Waals surface area (Å²) in [6.45, 7) is 8.67. The highest BCUT2D eigenvalue weighted by Crippen LogP contribution is 2.44. The molecule has 0 fully saturated rings. The summed E-state index contributed by atoms with van der Waals surface area (Å²) in [5.41, 5.74) is 2.95. The Balaban J connectivity index is 1.95. The van der Waals surface area contributed by atoms with Crippen molar-refractivity contribution in [1.82, 2.24) is 10.2 Å². The van der Waals surface area contributed by atoms with Crippen LogP contribution in [-0.4, -0.2) is 35.1 Å². The highest BCUT2D eigenvalue weighted by Gasteiger charge is 2.40. The lowest BCUT2D eigenvalue weighted by Gasteiger charge is -2.36. The fourth-order valence-corrected chi connectivity index (χ4v) is 4.30. The molecule has 6 nitrogen and oxygen atoms in total. The maximum Gasteiger partial charge on any atom is 0.338 e. The average Bonchev–Trinajstić information content (AvgIpc) is 3.08. The third-order valence-corrected chi connectivity index (χ3v) is 5.55. The van der Waals surface area contributed by atoms with Crippen molar-refractivity contribution < 1.29 is 14.3 Å². The Morgan fingerprint density at radius 3 is 2.66 bits per heavy atom. The van der Waals surface area contributed by atoms with Gasteiger partial charge in [0.25, 0.3) is 0 Å². The van der Waals surface area contributed by atoms with Crippen LogP contribution in [-0.2, 0) is 14.3 Å². The van der Waals surface area contributed by atoms with Gasteiger partial charge in [0.2, 0.25) is 5.91 Å². The molecule has 3 rings (SSSR count). The normalized spacial score (nSPS) is 18.4. The van der Waals surface area contributed by atoms with E-state index in [9.17, 15) is 9.59 Å². The van der Waals surface area contributed by atoms with Gasteiger partial charge in [-0.25, -0.2) is 9.79 Å². The van der Waals surface area contributed by atoms with E-state index in [1.54, 1.807) is 6.92 Å². The molecule has 1 N–H and O–H groups in total. The van der Waals surface area contributed by atoms with Crippen molar-refractivity contribution in [3.8, 4) is 0 Å². The summed E-state index contributed by atoms with van der Waals surface area (Å²) in [6.07, 6.45) is 0.233. The van der Waals surface area contributed by atoms with Gasteiger partial charge < -0.3 is 15.0 Å². The molecule has 0 aromatic heterocycles. The molecule has 0 aliphatic carbocycles. The molecule has 0 saturated heterocycles. The van der Waals surface area contributed by atoms with Crippen molar-refractivity contribution in [2.45, 2.75) is 40.2 Å². The van der Waals surface area contributed by atoms with Crippen LogP contribution in [0.3, 0.4) is 0 Å². The van der Waals surface area contributed by atoms with Crippen LogP contribution in [0.2, 0.25) is 0 Å². The van der Waals surface area contributed by atoms with Crippen LogP contribution in [0.15, 0.2) is 57.7 Å². The van der Waals surface area contributed by atoms with Crippen molar-refractivity contribution in [3.05, 3.63) is 58.3 Å². The number of rotatable bonds is 7. The first-order valence-electron chi connectivity index (χ1n) is 9.85. The fourth-order valence-electron chi connectivity index (χ4n) is 3.34. The summed E-state index contributed by atoms with van der Waals surface area (Å²) in [7, 11) is 0. The molecule has 1 unspecified atom stereocenters. The fraction of sp³-hybridized carbons (Fsp3) is 0.409. The first kappa shape index (κ1) is 21.2. The molecule has 0 spiro atoms. The average molecular weight is 414 g/mol. The van der Waals surface area contributed by atoms with Crippen molar-refractivity contribution >= 4 is 28.8 Å². The van der Waals surface area contributed by atoms with E-state index in [-0.39, 0.29) is 24.3 Å². The first-order valence-corrected chi connectivity index (χ1v) is 10.7. The summed E-state index contributed by atoms with van der Waals surface area (Å²) in [5, 5.41) is 5.69. The van der Waals surface area contributed by atoms with Gasteiger partial charge >= 0.3 is 5.97 Å². The molecule has 1 aromatic carbocycles. The zero-order valence-corrected chi connectivity index (χ0v) is 18.1. The second-order valence-electron chi connectivity index (χ2n) is 7.40. The van der Waals surface area contributed by atoms with E-state index in [4.69, 9.17) is 4.74 Å². The number of hydrogen-bond donors (Lipinski definition) is 1. The van der Waals surface area contributed by atoms with Crippen LogP contribution in [0.25, 0.3) is 0 Å². The Hall–Kier alpha value is -2.54. The summed E-state index contributed by atoms with van der Waals surface area (Å²) in [5.74, 6) is -0.0270. The van der Waals surface area contributed by atoms with E-state index >= 15 is 0 Å². The highest BCUT2D eigenvalue weighted by molar-refractivity contribution is 8.16. The molecule has 154 valence electrons. The van der Waals surface area contributed by atoms with E-state index < -0.39 is 0 Å². The number of benzene rings is 1. The Morgan fingerprint density at radius 1 is 1.28 bits per heavy atom. The van der Waals surface area contributed by atoms with Crippen LogP contribution in [0, 0.1) is 5.92 Å². The molecule has 2 aliphatic rings.